The van der Waals surface area contributed by atoms with Crippen molar-refractivity contribution in [1.29, 1.82) is 0 Å². The molecule has 1 fully saturated rings. The summed E-state index contributed by atoms with van der Waals surface area (Å²) in [5.41, 5.74) is 0. The molecule has 0 spiro atoms. The molecule has 15 heavy (non-hydrogen) atoms. The van der Waals surface area contributed by atoms with Gasteiger partial charge in [-0.25, -0.2) is 0 Å². The summed E-state index contributed by atoms with van der Waals surface area (Å²) in [6, 6.07) is 0. The molecule has 1 aliphatic heterocycles. The number of rotatable bonds is 2. The smallest absolute Gasteiger partial charge is 0.305 e. The van der Waals surface area contributed by atoms with Crippen molar-refractivity contribution in [3.8, 4) is 0 Å². The van der Waals surface area contributed by atoms with Gasteiger partial charge < -0.3 is 30.3 Å². The minimum absolute atomic E-state index is 0.653. The van der Waals surface area contributed by atoms with Crippen LogP contribution in [0.15, 0.2) is 4.99 Å². The van der Waals surface area contributed by atoms with Crippen LogP contribution in [0.3, 0.4) is 0 Å². The van der Waals surface area contributed by atoms with E-state index in [-0.39, 0.29) is 0 Å². The number of hydrogen-bond acceptors (Lipinski definition) is 8. The summed E-state index contributed by atoms with van der Waals surface area (Å²) in [5, 5.41) is 48.2. The number of nitrogens with zero attached hydrogens (tertiary/aromatic N) is 1. The zero-order valence-electron chi connectivity index (χ0n) is 7.52. The van der Waals surface area contributed by atoms with Gasteiger partial charge in [-0.05, 0) is 12.2 Å². The normalized spacial score (nSPS) is 45.9. The van der Waals surface area contributed by atoms with Gasteiger partial charge in [0.1, 0.15) is 18.3 Å². The summed E-state index contributed by atoms with van der Waals surface area (Å²) >= 11 is 4.23. The maximum Gasteiger partial charge on any atom is 0.305 e. The second-order valence-electron chi connectivity index (χ2n) is 3.13. The average molecular weight is 237 g/mol. The fourth-order valence-corrected chi connectivity index (χ4v) is 1.43. The van der Waals surface area contributed by atoms with E-state index in [0.717, 1.165) is 0 Å². The molecule has 8 heteroatoms. The molecule has 0 aromatic carbocycles. The van der Waals surface area contributed by atoms with Crippen molar-refractivity contribution in [1.82, 2.24) is 0 Å². The van der Waals surface area contributed by atoms with Crippen LogP contribution in [-0.2, 0) is 4.74 Å². The average Bonchev–Trinajstić information content (AvgIpc) is 2.21. The zero-order chi connectivity index (χ0) is 11.6. The Morgan fingerprint density at radius 3 is 2.40 bits per heavy atom. The first-order valence-corrected chi connectivity index (χ1v) is 4.51. The van der Waals surface area contributed by atoms with Gasteiger partial charge in [-0.2, -0.15) is 4.99 Å². The third kappa shape index (κ3) is 2.22. The Morgan fingerprint density at radius 2 is 1.93 bits per heavy atom. The highest BCUT2D eigenvalue weighted by atomic mass is 32.1. The molecule has 1 saturated heterocycles. The molecule has 0 saturated carbocycles. The quantitative estimate of drug-likeness (QED) is 0.260. The van der Waals surface area contributed by atoms with E-state index in [9.17, 15) is 20.4 Å². The summed E-state index contributed by atoms with van der Waals surface area (Å²) in [6.45, 7) is -0.653. The van der Waals surface area contributed by atoms with Gasteiger partial charge in [0.15, 0.2) is 6.10 Å². The first-order valence-electron chi connectivity index (χ1n) is 4.10. The summed E-state index contributed by atoms with van der Waals surface area (Å²) < 4.78 is 4.71. The van der Waals surface area contributed by atoms with E-state index >= 15 is 0 Å². The van der Waals surface area contributed by atoms with Gasteiger partial charge in [0.2, 0.25) is 0 Å². The van der Waals surface area contributed by atoms with Gasteiger partial charge in [-0.1, -0.05) is 0 Å². The van der Waals surface area contributed by atoms with Crippen molar-refractivity contribution >= 4 is 17.4 Å². The molecular formula is C7H11NO6S. The lowest BCUT2D eigenvalue weighted by Gasteiger charge is -2.42. The third-order valence-electron chi connectivity index (χ3n) is 2.15. The maximum atomic E-state index is 9.58. The fraction of sp³-hybridized carbons (Fsp3) is 0.857. The largest absolute Gasteiger partial charge is 0.394 e. The summed E-state index contributed by atoms with van der Waals surface area (Å²) in [5.74, 6) is -2.49. The van der Waals surface area contributed by atoms with Crippen LogP contribution in [0.4, 0.5) is 0 Å². The monoisotopic (exact) mass is 237 g/mol. The van der Waals surface area contributed by atoms with Crippen LogP contribution in [0.2, 0.25) is 0 Å². The van der Waals surface area contributed by atoms with E-state index in [2.05, 4.69) is 17.2 Å². The second kappa shape index (κ2) is 4.60. The lowest BCUT2D eigenvalue weighted by atomic mass is 9.97. The van der Waals surface area contributed by atoms with Crippen molar-refractivity contribution in [2.45, 2.75) is 30.3 Å². The predicted molar refractivity (Wildman–Crippen MR) is 50.0 cm³/mol. The van der Waals surface area contributed by atoms with Crippen molar-refractivity contribution < 1.29 is 30.3 Å². The van der Waals surface area contributed by atoms with Crippen LogP contribution < -0.4 is 0 Å². The molecule has 1 heterocycles. The van der Waals surface area contributed by atoms with E-state index in [4.69, 9.17) is 9.84 Å². The van der Waals surface area contributed by atoms with E-state index < -0.39 is 36.9 Å². The molecular weight excluding hydrogens is 226 g/mol. The fourth-order valence-electron chi connectivity index (χ4n) is 1.29. The van der Waals surface area contributed by atoms with Crippen LogP contribution in [0.5, 0.6) is 0 Å². The van der Waals surface area contributed by atoms with Crippen LogP contribution >= 0.6 is 12.2 Å². The van der Waals surface area contributed by atoms with Crippen molar-refractivity contribution in [2.75, 3.05) is 6.61 Å². The van der Waals surface area contributed by atoms with Gasteiger partial charge in [-0.3, -0.25) is 0 Å². The number of hydrogen-bond donors (Lipinski definition) is 5. The van der Waals surface area contributed by atoms with Crippen molar-refractivity contribution in [2.24, 2.45) is 4.99 Å². The first kappa shape index (κ1) is 12.6. The number of aliphatic hydroxyl groups excluding tert-OH is 4. The lowest BCUT2D eigenvalue weighted by Crippen LogP contribution is -2.64. The van der Waals surface area contributed by atoms with E-state index in [0.29, 0.717) is 0 Å². The third-order valence-corrected chi connectivity index (χ3v) is 2.24. The Kier molecular flexibility index (Phi) is 3.87. The molecule has 0 aliphatic carbocycles. The van der Waals surface area contributed by atoms with E-state index in [1.165, 1.54) is 0 Å². The van der Waals surface area contributed by atoms with Crippen LogP contribution in [0.25, 0.3) is 0 Å². The molecule has 86 valence electrons. The standard InChI is InChI=1S/C7H11NO6S/c9-1-3-4(10)5(11)6(12)7(13,14-3)8-2-15/h3-6,9-13H,1H2. The van der Waals surface area contributed by atoms with Crippen molar-refractivity contribution in [3.63, 3.8) is 0 Å². The first-order chi connectivity index (χ1) is 6.96. The topological polar surface area (TPSA) is 123 Å². The van der Waals surface area contributed by atoms with E-state index in [1.54, 1.807) is 5.16 Å². The molecule has 5 unspecified atom stereocenters. The highest BCUT2D eigenvalue weighted by molar-refractivity contribution is 7.78. The minimum Gasteiger partial charge on any atom is -0.394 e. The Balaban J connectivity index is 2.97. The molecule has 0 aromatic heterocycles. The summed E-state index contributed by atoms with van der Waals surface area (Å²) in [4.78, 5) is 3.15. The highest BCUT2D eigenvalue weighted by Gasteiger charge is 2.53. The SMILES string of the molecule is OCC1OC(O)(N=C=S)C(O)C(O)C1O. The molecule has 1 aliphatic rings. The number of ether oxygens (including phenoxy) is 1. The molecule has 1 rings (SSSR count). The lowest BCUT2D eigenvalue weighted by molar-refractivity contribution is -0.345. The van der Waals surface area contributed by atoms with Gasteiger partial charge in [0.25, 0.3) is 0 Å². The zero-order valence-corrected chi connectivity index (χ0v) is 8.33. The Hall–Kier alpha value is -0.440. The van der Waals surface area contributed by atoms with Crippen LogP contribution in [-0.4, -0.2) is 67.6 Å². The Morgan fingerprint density at radius 1 is 1.33 bits per heavy atom. The minimum atomic E-state index is -2.49. The summed E-state index contributed by atoms with van der Waals surface area (Å²) in [6.07, 6.45) is -6.36. The molecule has 0 radical (unpaired) electrons. The Labute approximate surface area is 90.3 Å². The maximum absolute atomic E-state index is 9.58. The molecule has 5 N–H and O–H groups in total. The second-order valence-corrected chi connectivity index (χ2v) is 3.31. The van der Waals surface area contributed by atoms with Gasteiger partial charge in [0, 0.05) is 0 Å². The number of aliphatic imine (C=N–C) groups is 1. The van der Waals surface area contributed by atoms with Gasteiger partial charge in [0.05, 0.1) is 11.8 Å². The molecule has 0 amide bonds. The van der Waals surface area contributed by atoms with Crippen LogP contribution in [0.1, 0.15) is 0 Å². The van der Waals surface area contributed by atoms with Crippen LogP contribution in [0, 0.1) is 0 Å². The van der Waals surface area contributed by atoms with Gasteiger partial charge in [-0.15, -0.1) is 0 Å². The van der Waals surface area contributed by atoms with Crippen molar-refractivity contribution in [3.05, 3.63) is 0 Å². The molecule has 0 bridgehead atoms. The number of thiocarbonyl (C=S) groups is 1. The molecule has 0 aromatic rings. The predicted octanol–water partition coefficient (Wildman–Crippen LogP) is -2.79. The Bertz CT molecular complexity index is 281. The summed E-state index contributed by atoms with van der Waals surface area (Å²) in [7, 11) is 0. The highest BCUT2D eigenvalue weighted by Crippen LogP contribution is 2.28. The molecule has 5 atom stereocenters. The molecule has 7 nitrogen and oxygen atoms in total. The van der Waals surface area contributed by atoms with Gasteiger partial charge >= 0.3 is 5.91 Å². The number of aliphatic hydroxyl groups is 5. The van der Waals surface area contributed by atoms with E-state index in [1.807, 2.05) is 0 Å². The number of isothiocyanates is 1.